The van der Waals surface area contributed by atoms with Gasteiger partial charge in [-0.1, -0.05) is 6.07 Å². The highest BCUT2D eigenvalue weighted by atomic mass is 32.2. The van der Waals surface area contributed by atoms with Gasteiger partial charge in [0.2, 0.25) is 15.9 Å². The zero-order valence-electron chi connectivity index (χ0n) is 20.7. The van der Waals surface area contributed by atoms with E-state index in [9.17, 15) is 27.5 Å². The maximum Gasteiger partial charge on any atom is 0.356 e. The van der Waals surface area contributed by atoms with Gasteiger partial charge in [-0.25, -0.2) is 27.0 Å². The lowest BCUT2D eigenvalue weighted by atomic mass is 10.1. The van der Waals surface area contributed by atoms with Gasteiger partial charge in [0.15, 0.2) is 5.69 Å². The smallest absolute Gasteiger partial charge is 0.356 e. The molecule has 1 aliphatic carbocycles. The molecule has 0 aliphatic heterocycles. The summed E-state index contributed by atoms with van der Waals surface area (Å²) in [6.45, 7) is 6.93. The molecule has 1 amide bonds. The number of benzene rings is 2. The fourth-order valence-electron chi connectivity index (χ4n) is 3.56. The molecule has 2 aromatic carbocycles. The van der Waals surface area contributed by atoms with Crippen molar-refractivity contribution in [2.24, 2.45) is 0 Å². The first kappa shape index (κ1) is 26.3. The molecule has 1 fully saturated rings. The van der Waals surface area contributed by atoms with Crippen molar-refractivity contribution in [1.82, 2.24) is 14.5 Å². The monoisotopic (exact) mass is 530 g/mol. The van der Waals surface area contributed by atoms with Crippen LogP contribution in [0, 0.1) is 12.7 Å². The number of carboxylic acids is 1. The quantitative estimate of drug-likeness (QED) is 0.395. The van der Waals surface area contributed by atoms with Crippen molar-refractivity contribution in [3.8, 4) is 11.6 Å². The third-order valence-corrected chi connectivity index (χ3v) is 7.13. The lowest BCUT2D eigenvalue weighted by molar-refractivity contribution is 0.0687. The highest BCUT2D eigenvalue weighted by Crippen LogP contribution is 2.37. The summed E-state index contributed by atoms with van der Waals surface area (Å²) >= 11 is 0. The van der Waals surface area contributed by atoms with Crippen molar-refractivity contribution in [2.75, 3.05) is 5.32 Å². The number of carbonyl (C=O) groups excluding carboxylic acids is 1. The summed E-state index contributed by atoms with van der Waals surface area (Å²) in [5.74, 6) is -2.46. The Bertz CT molecular complexity index is 1490. The second kappa shape index (κ2) is 9.60. The SMILES string of the molecule is Cc1c(C(=O)O)nn(C(C)(C)C)c1Oc1ccc(NC(=O)c2cccc(F)c2)cc1S(=O)(=O)NC1CC1. The molecule has 3 aromatic rings. The van der Waals surface area contributed by atoms with E-state index in [2.05, 4.69) is 15.1 Å². The summed E-state index contributed by atoms with van der Waals surface area (Å²) in [7, 11) is -4.08. The first-order valence-corrected chi connectivity index (χ1v) is 13.0. The largest absolute Gasteiger partial charge is 0.476 e. The fourth-order valence-corrected chi connectivity index (χ4v) is 5.02. The van der Waals surface area contributed by atoms with Crippen LogP contribution in [0.1, 0.15) is 60.0 Å². The van der Waals surface area contributed by atoms with Gasteiger partial charge >= 0.3 is 5.97 Å². The number of amides is 1. The molecule has 0 saturated heterocycles. The van der Waals surface area contributed by atoms with E-state index in [4.69, 9.17) is 4.74 Å². The van der Waals surface area contributed by atoms with Crippen LogP contribution in [0.2, 0.25) is 0 Å². The molecule has 1 saturated carbocycles. The summed E-state index contributed by atoms with van der Waals surface area (Å²) < 4.78 is 50.1. The molecule has 1 aliphatic rings. The van der Waals surface area contributed by atoms with Gasteiger partial charge in [0.25, 0.3) is 5.91 Å². The number of hydrogen-bond donors (Lipinski definition) is 3. The molecular formula is C25H27FN4O6S. The van der Waals surface area contributed by atoms with E-state index >= 15 is 0 Å². The van der Waals surface area contributed by atoms with Crippen molar-refractivity contribution in [3.05, 3.63) is 65.1 Å². The van der Waals surface area contributed by atoms with Crippen LogP contribution in [-0.2, 0) is 15.6 Å². The lowest BCUT2D eigenvalue weighted by Crippen LogP contribution is -2.27. The number of sulfonamides is 1. The summed E-state index contributed by atoms with van der Waals surface area (Å²) in [6, 6.07) is 8.93. The minimum absolute atomic E-state index is 0.0618. The van der Waals surface area contributed by atoms with Crippen molar-refractivity contribution in [2.45, 2.75) is 57.0 Å². The van der Waals surface area contributed by atoms with Crippen LogP contribution < -0.4 is 14.8 Å². The number of hydrogen-bond acceptors (Lipinski definition) is 6. The topological polar surface area (TPSA) is 140 Å². The molecule has 196 valence electrons. The molecule has 0 radical (unpaired) electrons. The lowest BCUT2D eigenvalue weighted by Gasteiger charge is -2.23. The molecule has 1 heterocycles. The van der Waals surface area contributed by atoms with E-state index in [1.54, 1.807) is 20.8 Å². The van der Waals surface area contributed by atoms with Gasteiger partial charge in [-0.3, -0.25) is 4.79 Å². The molecule has 3 N–H and O–H groups in total. The van der Waals surface area contributed by atoms with Crippen molar-refractivity contribution >= 4 is 27.6 Å². The van der Waals surface area contributed by atoms with Crippen LogP contribution in [0.4, 0.5) is 10.1 Å². The number of anilines is 1. The predicted octanol–water partition coefficient (Wildman–Crippen LogP) is 4.27. The molecule has 0 atom stereocenters. The van der Waals surface area contributed by atoms with Crippen molar-refractivity contribution in [3.63, 3.8) is 0 Å². The zero-order valence-corrected chi connectivity index (χ0v) is 21.5. The van der Waals surface area contributed by atoms with Crippen LogP contribution in [0.5, 0.6) is 11.6 Å². The highest BCUT2D eigenvalue weighted by Gasteiger charge is 2.32. The number of aromatic carboxylic acids is 1. The Morgan fingerprint density at radius 2 is 1.86 bits per heavy atom. The molecule has 0 bridgehead atoms. The number of carbonyl (C=O) groups is 2. The number of halogens is 1. The number of nitrogens with zero attached hydrogens (tertiary/aromatic N) is 2. The predicted molar refractivity (Wildman–Crippen MR) is 133 cm³/mol. The van der Waals surface area contributed by atoms with Gasteiger partial charge < -0.3 is 15.2 Å². The van der Waals surface area contributed by atoms with E-state index in [1.165, 1.54) is 48.0 Å². The summed E-state index contributed by atoms with van der Waals surface area (Å²) in [6.07, 6.45) is 1.40. The molecule has 0 unspecified atom stereocenters. The van der Waals surface area contributed by atoms with Gasteiger partial charge in [0.05, 0.1) is 5.54 Å². The Kier molecular flexibility index (Phi) is 6.82. The molecule has 0 spiro atoms. The van der Waals surface area contributed by atoms with E-state index in [-0.39, 0.29) is 45.1 Å². The second-order valence-corrected chi connectivity index (χ2v) is 11.5. The average molecular weight is 531 g/mol. The third-order valence-electron chi connectivity index (χ3n) is 5.59. The van der Waals surface area contributed by atoms with Crippen LogP contribution in [0.3, 0.4) is 0 Å². The average Bonchev–Trinajstić information content (AvgIpc) is 3.54. The minimum Gasteiger partial charge on any atom is -0.476 e. The molecule has 37 heavy (non-hydrogen) atoms. The van der Waals surface area contributed by atoms with Crippen molar-refractivity contribution in [1.29, 1.82) is 0 Å². The maximum absolute atomic E-state index is 13.5. The number of nitrogens with one attached hydrogen (secondary N) is 2. The number of aromatic nitrogens is 2. The third kappa shape index (κ3) is 5.81. The van der Waals surface area contributed by atoms with Crippen LogP contribution in [-0.4, -0.2) is 41.2 Å². The Morgan fingerprint density at radius 3 is 2.46 bits per heavy atom. The van der Waals surface area contributed by atoms with Gasteiger partial charge in [0.1, 0.15) is 16.5 Å². The fraction of sp³-hybridized carbons (Fsp3) is 0.320. The summed E-state index contributed by atoms with van der Waals surface area (Å²) in [5, 5.41) is 16.3. The molecule has 4 rings (SSSR count). The minimum atomic E-state index is -4.08. The van der Waals surface area contributed by atoms with Gasteiger partial charge in [0, 0.05) is 22.9 Å². The zero-order chi connectivity index (χ0) is 27.1. The Balaban J connectivity index is 1.76. The highest BCUT2D eigenvalue weighted by molar-refractivity contribution is 7.89. The molecular weight excluding hydrogens is 503 g/mol. The van der Waals surface area contributed by atoms with E-state index in [1.807, 2.05) is 0 Å². The first-order chi connectivity index (χ1) is 17.3. The molecule has 1 aromatic heterocycles. The first-order valence-electron chi connectivity index (χ1n) is 11.5. The van der Waals surface area contributed by atoms with Gasteiger partial charge in [-0.2, -0.15) is 5.10 Å². The Morgan fingerprint density at radius 1 is 1.16 bits per heavy atom. The van der Waals surface area contributed by atoms with E-state index in [0.29, 0.717) is 12.8 Å². The number of rotatable bonds is 8. The van der Waals surface area contributed by atoms with E-state index in [0.717, 1.165) is 6.07 Å². The second-order valence-electron chi connectivity index (χ2n) is 9.79. The van der Waals surface area contributed by atoms with Crippen LogP contribution in [0.25, 0.3) is 0 Å². The van der Waals surface area contributed by atoms with Crippen LogP contribution >= 0.6 is 0 Å². The number of ether oxygens (including phenoxy) is 1. The Hall–Kier alpha value is -3.77. The van der Waals surface area contributed by atoms with E-state index < -0.39 is 33.3 Å². The number of carboxylic acid groups (broad SMARTS) is 1. The molecule has 12 heteroatoms. The standard InChI is InChI=1S/C25H27FN4O6S/c1-14-21(24(32)33)28-30(25(2,3)4)23(14)36-19-11-10-18(13-20(19)37(34,35)29-17-8-9-17)27-22(31)15-6-5-7-16(26)12-15/h5-7,10-13,17,29H,8-9H2,1-4H3,(H,27,31)(H,32,33). The molecule has 10 nitrogen and oxygen atoms in total. The van der Waals surface area contributed by atoms with Gasteiger partial charge in [-0.05, 0) is 76.9 Å². The Labute approximate surface area is 213 Å². The van der Waals surface area contributed by atoms with Crippen LogP contribution in [0.15, 0.2) is 47.4 Å². The van der Waals surface area contributed by atoms with Crippen molar-refractivity contribution < 1.29 is 32.2 Å². The summed E-state index contributed by atoms with van der Waals surface area (Å²) in [4.78, 5) is 24.1. The maximum atomic E-state index is 13.5. The van der Waals surface area contributed by atoms with Gasteiger partial charge in [-0.15, -0.1) is 0 Å². The normalized spacial score (nSPS) is 13.9. The summed E-state index contributed by atoms with van der Waals surface area (Å²) in [5.41, 5.74) is -0.469.